The molecular formula is C13H11ClF3NO3. The van der Waals surface area contributed by atoms with Gasteiger partial charge in [0, 0.05) is 5.39 Å². The van der Waals surface area contributed by atoms with Crippen molar-refractivity contribution in [3.63, 3.8) is 0 Å². The Morgan fingerprint density at radius 1 is 1.43 bits per heavy atom. The van der Waals surface area contributed by atoms with Gasteiger partial charge >= 0.3 is 12.1 Å². The lowest BCUT2D eigenvalue weighted by molar-refractivity contribution is -0.140. The monoisotopic (exact) mass is 321 g/mol. The van der Waals surface area contributed by atoms with Crippen molar-refractivity contribution in [3.8, 4) is 5.75 Å². The Labute approximate surface area is 122 Å². The van der Waals surface area contributed by atoms with Crippen LogP contribution in [0.1, 0.15) is 17.4 Å². The fraction of sp³-hybridized carbons (Fsp3) is 0.308. The van der Waals surface area contributed by atoms with Crippen LogP contribution in [0.5, 0.6) is 5.75 Å². The number of fused-ring (bicyclic) bond motifs is 1. The maximum absolute atomic E-state index is 12.7. The molecule has 114 valence electrons. The van der Waals surface area contributed by atoms with E-state index in [0.29, 0.717) is 0 Å². The third kappa shape index (κ3) is 3.07. The van der Waals surface area contributed by atoms with Gasteiger partial charge in [0.25, 0.3) is 0 Å². The van der Waals surface area contributed by atoms with E-state index in [-0.39, 0.29) is 34.0 Å². The third-order valence-corrected chi connectivity index (χ3v) is 3.22. The van der Waals surface area contributed by atoms with E-state index in [9.17, 15) is 23.1 Å². The Balaban J connectivity index is 2.68. The van der Waals surface area contributed by atoms with Crippen LogP contribution < -0.4 is 0 Å². The summed E-state index contributed by atoms with van der Waals surface area (Å²) in [6.07, 6.45) is -4.52. The molecule has 2 rings (SSSR count). The molecule has 0 aliphatic heterocycles. The van der Waals surface area contributed by atoms with Crippen LogP contribution in [0.15, 0.2) is 18.2 Å². The molecule has 0 atom stereocenters. The number of hydrogen-bond acceptors (Lipinski definition) is 3. The summed E-state index contributed by atoms with van der Waals surface area (Å²) in [6.45, 7) is 0.227. The molecule has 4 nitrogen and oxygen atoms in total. The molecule has 0 aliphatic rings. The molecule has 0 unspecified atom stereocenters. The molecule has 0 radical (unpaired) electrons. The molecule has 0 spiro atoms. The minimum absolute atomic E-state index is 0.0331. The smallest absolute Gasteiger partial charge is 0.406 e. The quantitative estimate of drug-likeness (QED) is 0.876. The zero-order chi connectivity index (χ0) is 15.8. The molecule has 1 heterocycles. The van der Waals surface area contributed by atoms with Crippen molar-refractivity contribution in [2.45, 2.75) is 19.6 Å². The first kappa shape index (κ1) is 15.5. The van der Waals surface area contributed by atoms with Gasteiger partial charge in [-0.3, -0.25) is 0 Å². The summed E-state index contributed by atoms with van der Waals surface area (Å²) in [5, 5.41) is 9.56. The number of hydrogen-bond donors (Lipinski definition) is 1. The second kappa shape index (κ2) is 5.48. The molecule has 1 aromatic heterocycles. The van der Waals surface area contributed by atoms with Crippen LogP contribution in [0.25, 0.3) is 10.9 Å². The summed E-state index contributed by atoms with van der Waals surface area (Å²) in [7, 11) is 0. The average molecular weight is 322 g/mol. The average Bonchev–Trinajstić information content (AvgIpc) is 2.72. The molecule has 1 N–H and O–H groups in total. The standard InChI is InChI=1S/C13H11ClF3NO3/c1-2-21-12(20)9-5-7-8(3-4-10(19)11(7)14)18(9)6-13(15,16)17/h3-5,19H,2,6H2,1H3. The van der Waals surface area contributed by atoms with Gasteiger partial charge in [-0.05, 0) is 25.1 Å². The first-order valence-corrected chi connectivity index (χ1v) is 6.37. The van der Waals surface area contributed by atoms with Crippen molar-refractivity contribution in [2.24, 2.45) is 0 Å². The van der Waals surface area contributed by atoms with E-state index in [0.717, 1.165) is 4.57 Å². The van der Waals surface area contributed by atoms with E-state index in [1.165, 1.54) is 18.2 Å². The third-order valence-electron chi connectivity index (χ3n) is 2.82. The van der Waals surface area contributed by atoms with Crippen LogP contribution in [0.4, 0.5) is 13.2 Å². The molecule has 1 aromatic carbocycles. The van der Waals surface area contributed by atoms with Crippen LogP contribution in [0.2, 0.25) is 5.02 Å². The lowest BCUT2D eigenvalue weighted by Crippen LogP contribution is -2.21. The summed E-state index contributed by atoms with van der Waals surface area (Å²) in [5.41, 5.74) is -0.171. The van der Waals surface area contributed by atoms with E-state index in [2.05, 4.69) is 0 Å². The van der Waals surface area contributed by atoms with Gasteiger partial charge in [-0.15, -0.1) is 0 Å². The zero-order valence-electron chi connectivity index (χ0n) is 10.9. The van der Waals surface area contributed by atoms with Gasteiger partial charge in [-0.2, -0.15) is 13.2 Å². The number of nitrogens with zero attached hydrogens (tertiary/aromatic N) is 1. The number of alkyl halides is 3. The van der Waals surface area contributed by atoms with Crippen molar-refractivity contribution in [1.82, 2.24) is 4.57 Å². The molecule has 21 heavy (non-hydrogen) atoms. The number of aromatic nitrogens is 1. The van der Waals surface area contributed by atoms with Gasteiger partial charge in [0.1, 0.15) is 18.0 Å². The number of benzene rings is 1. The minimum atomic E-state index is -4.52. The van der Waals surface area contributed by atoms with E-state index < -0.39 is 18.7 Å². The molecule has 0 saturated heterocycles. The Morgan fingerprint density at radius 2 is 2.10 bits per heavy atom. The number of phenolic OH excluding ortho intramolecular Hbond substituents is 1. The Hall–Kier alpha value is -1.89. The highest BCUT2D eigenvalue weighted by molar-refractivity contribution is 6.37. The SMILES string of the molecule is CCOC(=O)c1cc2c(Cl)c(O)ccc2n1CC(F)(F)F. The highest BCUT2D eigenvalue weighted by Crippen LogP contribution is 2.35. The number of rotatable bonds is 3. The molecule has 8 heteroatoms. The number of esters is 1. The minimum Gasteiger partial charge on any atom is -0.506 e. The summed E-state index contributed by atoms with van der Waals surface area (Å²) in [5.74, 6) is -1.16. The predicted octanol–water partition coefficient (Wildman–Crippen LogP) is 3.74. The second-order valence-corrected chi connectivity index (χ2v) is 4.66. The second-order valence-electron chi connectivity index (χ2n) is 4.28. The van der Waals surface area contributed by atoms with Gasteiger partial charge in [0.2, 0.25) is 0 Å². The van der Waals surface area contributed by atoms with Crippen molar-refractivity contribution in [1.29, 1.82) is 0 Å². The molecule has 0 bridgehead atoms. The number of ether oxygens (including phenoxy) is 1. The van der Waals surface area contributed by atoms with Crippen LogP contribution in [-0.2, 0) is 11.3 Å². The maximum atomic E-state index is 12.7. The van der Waals surface area contributed by atoms with Crippen LogP contribution in [0.3, 0.4) is 0 Å². The molecule has 0 saturated carbocycles. The molecule has 0 amide bonds. The highest BCUT2D eigenvalue weighted by atomic mass is 35.5. The number of phenols is 1. The first-order chi connectivity index (χ1) is 9.74. The van der Waals surface area contributed by atoms with Crippen LogP contribution >= 0.6 is 11.6 Å². The molecule has 2 aromatic rings. The van der Waals surface area contributed by atoms with Gasteiger partial charge in [0.05, 0.1) is 17.1 Å². The summed E-state index contributed by atoms with van der Waals surface area (Å²) < 4.78 is 43.6. The zero-order valence-corrected chi connectivity index (χ0v) is 11.6. The topological polar surface area (TPSA) is 51.5 Å². The van der Waals surface area contributed by atoms with Crippen molar-refractivity contribution in [2.75, 3.05) is 6.61 Å². The Morgan fingerprint density at radius 3 is 2.67 bits per heavy atom. The molecular weight excluding hydrogens is 311 g/mol. The largest absolute Gasteiger partial charge is 0.506 e. The van der Waals surface area contributed by atoms with Crippen molar-refractivity contribution in [3.05, 3.63) is 28.9 Å². The first-order valence-electron chi connectivity index (χ1n) is 5.99. The normalized spacial score (nSPS) is 11.9. The van der Waals surface area contributed by atoms with Gasteiger partial charge in [-0.1, -0.05) is 11.6 Å². The van der Waals surface area contributed by atoms with Crippen molar-refractivity contribution < 1.29 is 27.8 Å². The Bertz CT molecular complexity index is 694. The van der Waals surface area contributed by atoms with E-state index in [4.69, 9.17) is 16.3 Å². The van der Waals surface area contributed by atoms with E-state index >= 15 is 0 Å². The summed E-state index contributed by atoms with van der Waals surface area (Å²) >= 11 is 5.87. The summed E-state index contributed by atoms with van der Waals surface area (Å²) in [4.78, 5) is 11.8. The van der Waals surface area contributed by atoms with E-state index in [1.807, 2.05) is 0 Å². The highest BCUT2D eigenvalue weighted by Gasteiger charge is 2.31. The Kier molecular flexibility index (Phi) is 4.04. The van der Waals surface area contributed by atoms with Gasteiger partial charge in [0.15, 0.2) is 0 Å². The van der Waals surface area contributed by atoms with Gasteiger partial charge < -0.3 is 14.4 Å². The number of aromatic hydroxyl groups is 1. The predicted molar refractivity (Wildman–Crippen MR) is 70.6 cm³/mol. The van der Waals surface area contributed by atoms with Crippen LogP contribution in [0, 0.1) is 0 Å². The van der Waals surface area contributed by atoms with E-state index in [1.54, 1.807) is 6.92 Å². The lowest BCUT2D eigenvalue weighted by atomic mass is 10.2. The van der Waals surface area contributed by atoms with Gasteiger partial charge in [-0.25, -0.2) is 4.79 Å². The number of carbonyl (C=O) groups excluding carboxylic acids is 1. The lowest BCUT2D eigenvalue weighted by Gasteiger charge is -2.12. The summed E-state index contributed by atoms with van der Waals surface area (Å²) in [6, 6.07) is 3.62. The number of carbonyl (C=O) groups is 1. The van der Waals surface area contributed by atoms with Crippen LogP contribution in [-0.4, -0.2) is 28.4 Å². The molecule has 0 fully saturated rings. The maximum Gasteiger partial charge on any atom is 0.406 e. The fourth-order valence-electron chi connectivity index (χ4n) is 2.01. The number of halogens is 4. The van der Waals surface area contributed by atoms with Crippen molar-refractivity contribution >= 4 is 28.5 Å². The molecule has 0 aliphatic carbocycles. The fourth-order valence-corrected chi connectivity index (χ4v) is 2.23.